The van der Waals surface area contributed by atoms with Crippen LogP contribution >= 0.6 is 0 Å². The van der Waals surface area contributed by atoms with Crippen molar-refractivity contribution in [2.75, 3.05) is 6.61 Å². The molecule has 0 saturated carbocycles. The molecule has 1 saturated heterocycles. The van der Waals surface area contributed by atoms with E-state index < -0.39 is 0 Å². The first-order chi connectivity index (χ1) is 8.91. The van der Waals surface area contributed by atoms with E-state index in [0.717, 1.165) is 0 Å². The quantitative estimate of drug-likeness (QED) is 0.726. The van der Waals surface area contributed by atoms with E-state index in [9.17, 15) is 0 Å². The molecule has 1 aromatic rings. The van der Waals surface area contributed by atoms with Crippen LogP contribution in [0.2, 0.25) is 0 Å². The lowest BCUT2D eigenvalue weighted by Crippen LogP contribution is -2.41. The van der Waals surface area contributed by atoms with Gasteiger partial charge in [0.2, 0.25) is 0 Å². The van der Waals surface area contributed by atoms with Crippen molar-refractivity contribution < 1.29 is 14.0 Å². The number of benzene rings is 1. The lowest BCUT2D eigenvalue weighted by Gasteiger charge is -2.32. The molecule has 0 N–H and O–H groups in total. The number of rotatable bonds is 1. The summed E-state index contributed by atoms with van der Waals surface area (Å²) < 4.78 is 18.0. The van der Waals surface area contributed by atoms with Gasteiger partial charge in [-0.15, -0.1) is 0 Å². The summed E-state index contributed by atoms with van der Waals surface area (Å²) in [6.45, 7) is 9.69. The van der Waals surface area contributed by atoms with Gasteiger partial charge < -0.3 is 14.0 Å². The molecule has 4 heteroatoms. The van der Waals surface area contributed by atoms with Gasteiger partial charge in [-0.05, 0) is 38.8 Å². The largest absolute Gasteiger partial charge is 0.468 e. The van der Waals surface area contributed by atoms with Crippen LogP contribution in [0.25, 0.3) is 0 Å². The Labute approximate surface area is 115 Å². The second kappa shape index (κ2) is 4.34. The van der Waals surface area contributed by atoms with Gasteiger partial charge in [0.05, 0.1) is 24.4 Å². The highest BCUT2D eigenvalue weighted by Gasteiger charge is 2.54. The van der Waals surface area contributed by atoms with Gasteiger partial charge in [0.25, 0.3) is 0 Å². The minimum Gasteiger partial charge on any atom is -0.403 e. The van der Waals surface area contributed by atoms with Crippen molar-refractivity contribution in [1.29, 1.82) is 0 Å². The molecule has 1 unspecified atom stereocenters. The third-order valence-corrected chi connectivity index (χ3v) is 4.61. The van der Waals surface area contributed by atoms with Crippen LogP contribution in [0, 0.1) is 0 Å². The van der Waals surface area contributed by atoms with Crippen LogP contribution in [0.5, 0.6) is 0 Å². The van der Waals surface area contributed by atoms with E-state index in [-0.39, 0.29) is 24.1 Å². The summed E-state index contributed by atoms with van der Waals surface area (Å²) in [6, 6.07) is 8.40. The molecule has 0 aromatic heterocycles. The smallest absolute Gasteiger partial charge is 0.403 e. The average molecular weight is 260 g/mol. The van der Waals surface area contributed by atoms with Gasteiger partial charge >= 0.3 is 7.12 Å². The van der Waals surface area contributed by atoms with Crippen molar-refractivity contribution >= 4 is 7.12 Å². The van der Waals surface area contributed by atoms with E-state index in [0.29, 0.717) is 13.2 Å². The first kappa shape index (κ1) is 13.2. The predicted octanol–water partition coefficient (Wildman–Crippen LogP) is 2.93. The number of ether oxygens (including phenoxy) is 1. The lowest BCUT2D eigenvalue weighted by atomic mass is 9.66. The molecule has 3 rings (SSSR count). The maximum Gasteiger partial charge on any atom is 0.468 e. The number of hydrogen-bond acceptors (Lipinski definition) is 3. The SMILES string of the molecule is CC1(C)OB(C2COCc3ccccc32)OC1(C)C. The predicted molar refractivity (Wildman–Crippen MR) is 74.9 cm³/mol. The second-order valence-corrected chi connectivity index (χ2v) is 6.45. The van der Waals surface area contributed by atoms with Crippen LogP contribution in [0.15, 0.2) is 24.3 Å². The molecule has 1 aromatic carbocycles. The lowest BCUT2D eigenvalue weighted by molar-refractivity contribution is 0.00578. The Morgan fingerprint density at radius 1 is 1.05 bits per heavy atom. The van der Waals surface area contributed by atoms with Gasteiger partial charge in [0.15, 0.2) is 0 Å². The number of fused-ring (bicyclic) bond motifs is 1. The summed E-state index contributed by atoms with van der Waals surface area (Å²) in [5.41, 5.74) is 1.97. The Balaban J connectivity index is 1.90. The van der Waals surface area contributed by atoms with Crippen LogP contribution in [-0.4, -0.2) is 24.9 Å². The van der Waals surface area contributed by atoms with Gasteiger partial charge in [-0.1, -0.05) is 24.3 Å². The zero-order valence-corrected chi connectivity index (χ0v) is 12.1. The Hall–Kier alpha value is -0.835. The maximum absolute atomic E-state index is 6.16. The molecular weight excluding hydrogens is 239 g/mol. The first-order valence-corrected chi connectivity index (χ1v) is 6.92. The van der Waals surface area contributed by atoms with E-state index in [1.54, 1.807) is 0 Å². The highest BCUT2D eigenvalue weighted by molar-refractivity contribution is 6.47. The summed E-state index contributed by atoms with van der Waals surface area (Å²) in [6.07, 6.45) is 0. The van der Waals surface area contributed by atoms with E-state index in [1.165, 1.54) is 11.1 Å². The Bertz CT molecular complexity index is 468. The standard InChI is InChI=1S/C15H21BO3/c1-14(2)15(3,4)19-16(18-14)13-10-17-9-11-7-5-6-8-12(11)13/h5-8,13H,9-10H2,1-4H3. The molecule has 2 heterocycles. The number of hydrogen-bond donors (Lipinski definition) is 0. The van der Waals surface area contributed by atoms with E-state index in [2.05, 4.69) is 52.0 Å². The second-order valence-electron chi connectivity index (χ2n) is 6.45. The molecule has 0 bridgehead atoms. The van der Waals surface area contributed by atoms with E-state index in [1.807, 2.05) is 0 Å². The zero-order valence-electron chi connectivity index (χ0n) is 12.1. The molecule has 0 amide bonds. The van der Waals surface area contributed by atoms with Gasteiger partial charge in [0.1, 0.15) is 0 Å². The van der Waals surface area contributed by atoms with Gasteiger partial charge in [-0.2, -0.15) is 0 Å². The maximum atomic E-state index is 6.16. The fraction of sp³-hybridized carbons (Fsp3) is 0.600. The highest BCUT2D eigenvalue weighted by atomic mass is 16.7. The topological polar surface area (TPSA) is 27.7 Å². The highest BCUT2D eigenvalue weighted by Crippen LogP contribution is 2.42. The summed E-state index contributed by atoms with van der Waals surface area (Å²) in [5, 5.41) is 0. The molecule has 2 aliphatic rings. The Kier molecular flexibility index (Phi) is 3.00. The van der Waals surface area contributed by atoms with Crippen molar-refractivity contribution in [1.82, 2.24) is 0 Å². The molecule has 0 spiro atoms. The van der Waals surface area contributed by atoms with Crippen LogP contribution in [-0.2, 0) is 20.7 Å². The van der Waals surface area contributed by atoms with Crippen molar-refractivity contribution in [3.8, 4) is 0 Å². The third-order valence-electron chi connectivity index (χ3n) is 4.61. The van der Waals surface area contributed by atoms with Crippen LogP contribution in [0.3, 0.4) is 0 Å². The minimum atomic E-state index is -0.288. The Morgan fingerprint density at radius 2 is 1.68 bits per heavy atom. The Morgan fingerprint density at radius 3 is 2.37 bits per heavy atom. The molecular formula is C15H21BO3. The summed E-state index contributed by atoms with van der Waals surface area (Å²) in [4.78, 5) is 0. The minimum absolute atomic E-state index is 0.158. The van der Waals surface area contributed by atoms with Crippen LogP contribution in [0.4, 0.5) is 0 Å². The molecule has 3 nitrogen and oxygen atoms in total. The van der Waals surface area contributed by atoms with Crippen LogP contribution in [0.1, 0.15) is 44.6 Å². The molecule has 1 fully saturated rings. The van der Waals surface area contributed by atoms with Gasteiger partial charge in [0, 0.05) is 5.82 Å². The first-order valence-electron chi connectivity index (χ1n) is 6.92. The van der Waals surface area contributed by atoms with Crippen LogP contribution < -0.4 is 0 Å². The van der Waals surface area contributed by atoms with E-state index in [4.69, 9.17) is 14.0 Å². The fourth-order valence-electron chi connectivity index (χ4n) is 2.69. The average Bonchev–Trinajstić information content (AvgIpc) is 2.58. The fourth-order valence-corrected chi connectivity index (χ4v) is 2.69. The summed E-state index contributed by atoms with van der Waals surface area (Å²) >= 11 is 0. The normalized spacial score (nSPS) is 28.2. The van der Waals surface area contributed by atoms with Gasteiger partial charge in [-0.25, -0.2) is 0 Å². The molecule has 2 aliphatic heterocycles. The third kappa shape index (κ3) is 2.12. The zero-order chi connectivity index (χ0) is 13.7. The molecule has 0 radical (unpaired) electrons. The van der Waals surface area contributed by atoms with Gasteiger partial charge in [-0.3, -0.25) is 0 Å². The molecule has 102 valence electrons. The molecule has 1 atom stereocenters. The van der Waals surface area contributed by atoms with Crippen molar-refractivity contribution in [2.45, 2.75) is 51.3 Å². The van der Waals surface area contributed by atoms with Crippen molar-refractivity contribution in [3.05, 3.63) is 35.4 Å². The van der Waals surface area contributed by atoms with Crippen molar-refractivity contribution in [3.63, 3.8) is 0 Å². The van der Waals surface area contributed by atoms with Crippen molar-refractivity contribution in [2.24, 2.45) is 0 Å². The summed E-state index contributed by atoms with van der Waals surface area (Å²) in [7, 11) is -0.230. The summed E-state index contributed by atoms with van der Waals surface area (Å²) in [5.74, 6) is 0.158. The molecule has 19 heavy (non-hydrogen) atoms. The molecule has 0 aliphatic carbocycles. The monoisotopic (exact) mass is 260 g/mol. The van der Waals surface area contributed by atoms with E-state index >= 15 is 0 Å².